The Labute approximate surface area is 116 Å². The van der Waals surface area contributed by atoms with Crippen molar-refractivity contribution in [1.29, 1.82) is 5.26 Å². The van der Waals surface area contributed by atoms with E-state index in [1.807, 2.05) is 18.2 Å². The highest BCUT2D eigenvalue weighted by Crippen LogP contribution is 2.28. The van der Waals surface area contributed by atoms with E-state index >= 15 is 0 Å². The lowest BCUT2D eigenvalue weighted by Crippen LogP contribution is -2.36. The SMILES string of the molecule is N#Cc1cc(Br)ccc1NC1CCCCC1CN. The molecule has 18 heavy (non-hydrogen) atoms. The van der Waals surface area contributed by atoms with Gasteiger partial charge < -0.3 is 11.1 Å². The highest BCUT2D eigenvalue weighted by molar-refractivity contribution is 9.10. The first-order valence-electron chi connectivity index (χ1n) is 6.41. The Hall–Kier alpha value is -1.05. The monoisotopic (exact) mass is 307 g/mol. The molecule has 2 atom stereocenters. The predicted octanol–water partition coefficient (Wildman–Crippen LogP) is 3.25. The zero-order valence-corrected chi connectivity index (χ0v) is 11.9. The summed E-state index contributed by atoms with van der Waals surface area (Å²) in [7, 11) is 0. The molecule has 1 fully saturated rings. The van der Waals surface area contributed by atoms with Gasteiger partial charge in [-0.3, -0.25) is 0 Å². The van der Waals surface area contributed by atoms with Gasteiger partial charge in [0.05, 0.1) is 11.3 Å². The van der Waals surface area contributed by atoms with Gasteiger partial charge in [0.25, 0.3) is 0 Å². The quantitative estimate of drug-likeness (QED) is 0.901. The normalized spacial score (nSPS) is 23.4. The second kappa shape index (κ2) is 6.21. The maximum atomic E-state index is 9.16. The number of nitrogens with zero attached hydrogens (tertiary/aromatic N) is 1. The van der Waals surface area contributed by atoms with Gasteiger partial charge in [0.1, 0.15) is 6.07 Å². The summed E-state index contributed by atoms with van der Waals surface area (Å²) in [6, 6.07) is 8.41. The summed E-state index contributed by atoms with van der Waals surface area (Å²) in [4.78, 5) is 0. The van der Waals surface area contributed by atoms with E-state index in [0.717, 1.165) is 23.1 Å². The third-order valence-electron chi connectivity index (χ3n) is 3.65. The fourth-order valence-electron chi connectivity index (χ4n) is 2.61. The molecule has 0 aliphatic heterocycles. The van der Waals surface area contributed by atoms with E-state index in [1.165, 1.54) is 19.3 Å². The molecule has 3 N–H and O–H groups in total. The Kier molecular flexibility index (Phi) is 4.62. The van der Waals surface area contributed by atoms with Crippen molar-refractivity contribution in [2.45, 2.75) is 31.7 Å². The second-order valence-corrected chi connectivity index (χ2v) is 5.75. The van der Waals surface area contributed by atoms with E-state index in [2.05, 4.69) is 27.3 Å². The van der Waals surface area contributed by atoms with Crippen molar-refractivity contribution in [1.82, 2.24) is 0 Å². The number of anilines is 1. The van der Waals surface area contributed by atoms with Gasteiger partial charge in [-0.05, 0) is 43.5 Å². The third-order valence-corrected chi connectivity index (χ3v) is 4.15. The molecule has 2 rings (SSSR count). The van der Waals surface area contributed by atoms with Crippen LogP contribution in [0.3, 0.4) is 0 Å². The van der Waals surface area contributed by atoms with Crippen molar-refractivity contribution in [2.24, 2.45) is 11.7 Å². The van der Waals surface area contributed by atoms with Gasteiger partial charge in [0.2, 0.25) is 0 Å². The topological polar surface area (TPSA) is 61.8 Å². The molecule has 0 radical (unpaired) electrons. The van der Waals surface area contributed by atoms with Crippen LogP contribution in [-0.2, 0) is 0 Å². The van der Waals surface area contributed by atoms with Crippen molar-refractivity contribution in [3.05, 3.63) is 28.2 Å². The molecule has 1 aromatic rings. The highest BCUT2D eigenvalue weighted by Gasteiger charge is 2.24. The van der Waals surface area contributed by atoms with E-state index in [-0.39, 0.29) is 0 Å². The van der Waals surface area contributed by atoms with Gasteiger partial charge in [0, 0.05) is 10.5 Å². The summed E-state index contributed by atoms with van der Waals surface area (Å²) >= 11 is 3.39. The van der Waals surface area contributed by atoms with E-state index in [9.17, 15) is 0 Å². The minimum Gasteiger partial charge on any atom is -0.381 e. The molecule has 1 saturated carbocycles. The Morgan fingerprint density at radius 3 is 2.89 bits per heavy atom. The van der Waals surface area contributed by atoms with Crippen LogP contribution in [0.15, 0.2) is 22.7 Å². The molecule has 0 amide bonds. The van der Waals surface area contributed by atoms with Crippen molar-refractivity contribution in [3.63, 3.8) is 0 Å². The fourth-order valence-corrected chi connectivity index (χ4v) is 2.98. The number of nitrogens with two attached hydrogens (primary N) is 1. The van der Waals surface area contributed by atoms with Crippen LogP contribution in [0.4, 0.5) is 5.69 Å². The highest BCUT2D eigenvalue weighted by atomic mass is 79.9. The summed E-state index contributed by atoms with van der Waals surface area (Å²) in [6.45, 7) is 0.718. The molecule has 2 unspecified atom stereocenters. The van der Waals surface area contributed by atoms with Crippen LogP contribution in [0.1, 0.15) is 31.2 Å². The maximum absolute atomic E-state index is 9.16. The molecule has 3 nitrogen and oxygen atoms in total. The van der Waals surface area contributed by atoms with Crippen LogP contribution in [0.2, 0.25) is 0 Å². The van der Waals surface area contributed by atoms with E-state index in [1.54, 1.807) is 0 Å². The Bertz CT molecular complexity index is 453. The molecule has 1 aliphatic rings. The predicted molar refractivity (Wildman–Crippen MR) is 77.3 cm³/mol. The first kappa shape index (κ1) is 13.4. The Morgan fingerprint density at radius 2 is 2.17 bits per heavy atom. The first-order valence-corrected chi connectivity index (χ1v) is 7.20. The molecule has 0 heterocycles. The van der Waals surface area contributed by atoms with Crippen LogP contribution in [-0.4, -0.2) is 12.6 Å². The molecule has 96 valence electrons. The van der Waals surface area contributed by atoms with Crippen LogP contribution in [0.25, 0.3) is 0 Å². The Morgan fingerprint density at radius 1 is 1.39 bits per heavy atom. The summed E-state index contributed by atoms with van der Waals surface area (Å²) in [6.07, 6.45) is 4.84. The minimum atomic E-state index is 0.400. The average Bonchev–Trinajstić information content (AvgIpc) is 2.41. The standard InChI is InChI=1S/C14H18BrN3/c15-12-5-6-14(11(7-12)9-17)18-13-4-2-1-3-10(13)8-16/h5-7,10,13,18H,1-4,8,16H2. The number of hydrogen-bond donors (Lipinski definition) is 2. The lowest BCUT2D eigenvalue weighted by atomic mass is 9.84. The van der Waals surface area contributed by atoms with E-state index in [0.29, 0.717) is 17.5 Å². The summed E-state index contributed by atoms with van der Waals surface area (Å²) in [5.41, 5.74) is 7.44. The molecular weight excluding hydrogens is 290 g/mol. The summed E-state index contributed by atoms with van der Waals surface area (Å²) < 4.78 is 0.934. The summed E-state index contributed by atoms with van der Waals surface area (Å²) in [5, 5.41) is 12.7. The molecule has 1 aromatic carbocycles. The first-order chi connectivity index (χ1) is 8.74. The van der Waals surface area contributed by atoms with Gasteiger partial charge >= 0.3 is 0 Å². The van der Waals surface area contributed by atoms with Crippen molar-refractivity contribution in [2.75, 3.05) is 11.9 Å². The van der Waals surface area contributed by atoms with Gasteiger partial charge in [-0.15, -0.1) is 0 Å². The van der Waals surface area contributed by atoms with Gasteiger partial charge in [-0.1, -0.05) is 28.8 Å². The fraction of sp³-hybridized carbons (Fsp3) is 0.500. The Balaban J connectivity index is 2.15. The van der Waals surface area contributed by atoms with Gasteiger partial charge in [-0.2, -0.15) is 5.26 Å². The molecule has 0 spiro atoms. The third kappa shape index (κ3) is 3.04. The largest absolute Gasteiger partial charge is 0.381 e. The molecule has 0 saturated heterocycles. The number of nitriles is 1. The number of rotatable bonds is 3. The molecular formula is C14H18BrN3. The van der Waals surface area contributed by atoms with Crippen molar-refractivity contribution in [3.8, 4) is 6.07 Å². The number of benzene rings is 1. The minimum absolute atomic E-state index is 0.400. The van der Waals surface area contributed by atoms with Gasteiger partial charge in [0.15, 0.2) is 0 Å². The van der Waals surface area contributed by atoms with Crippen LogP contribution < -0.4 is 11.1 Å². The lowest BCUT2D eigenvalue weighted by molar-refractivity contribution is 0.332. The van der Waals surface area contributed by atoms with Gasteiger partial charge in [-0.25, -0.2) is 0 Å². The second-order valence-electron chi connectivity index (χ2n) is 4.83. The van der Waals surface area contributed by atoms with E-state index < -0.39 is 0 Å². The molecule has 4 heteroatoms. The maximum Gasteiger partial charge on any atom is 0.101 e. The summed E-state index contributed by atoms with van der Waals surface area (Å²) in [5.74, 6) is 0.522. The zero-order valence-electron chi connectivity index (χ0n) is 10.3. The molecule has 0 bridgehead atoms. The lowest BCUT2D eigenvalue weighted by Gasteiger charge is -2.32. The number of halogens is 1. The zero-order chi connectivity index (χ0) is 13.0. The van der Waals surface area contributed by atoms with Crippen molar-refractivity contribution < 1.29 is 0 Å². The number of hydrogen-bond acceptors (Lipinski definition) is 3. The van der Waals surface area contributed by atoms with Crippen molar-refractivity contribution >= 4 is 21.6 Å². The number of nitrogens with one attached hydrogen (secondary N) is 1. The molecule has 1 aliphatic carbocycles. The van der Waals surface area contributed by atoms with Crippen LogP contribution in [0, 0.1) is 17.2 Å². The van der Waals surface area contributed by atoms with E-state index in [4.69, 9.17) is 11.0 Å². The van der Waals surface area contributed by atoms with Crippen LogP contribution in [0.5, 0.6) is 0 Å². The van der Waals surface area contributed by atoms with Crippen LogP contribution >= 0.6 is 15.9 Å². The average molecular weight is 308 g/mol. The molecule has 0 aromatic heterocycles. The smallest absolute Gasteiger partial charge is 0.101 e.